The van der Waals surface area contributed by atoms with Crippen molar-refractivity contribution in [2.24, 2.45) is 0 Å². The van der Waals surface area contributed by atoms with Crippen LogP contribution in [0.3, 0.4) is 0 Å². The third kappa shape index (κ3) is 1.42. The van der Waals surface area contributed by atoms with E-state index in [1.165, 1.54) is 7.11 Å². The van der Waals surface area contributed by atoms with Crippen molar-refractivity contribution in [2.75, 3.05) is 7.11 Å². The molecule has 1 aromatic carbocycles. The first-order valence-corrected chi connectivity index (χ1v) is 4.11. The smallest absolute Gasteiger partial charge is 0.332 e. The zero-order valence-corrected chi connectivity index (χ0v) is 7.60. The zero-order valence-electron chi connectivity index (χ0n) is 7.60. The maximum absolute atomic E-state index is 11.4. The quantitative estimate of drug-likeness (QED) is 0.669. The lowest BCUT2D eigenvalue weighted by Gasteiger charge is -1.87. The van der Waals surface area contributed by atoms with Gasteiger partial charge in [0.1, 0.15) is 0 Å². The molecule has 0 unspecified atom stereocenters. The summed E-state index contributed by atoms with van der Waals surface area (Å²) in [7, 11) is 1.40. The molecule has 4 nitrogen and oxygen atoms in total. The Hall–Kier alpha value is -1.97. The number of ether oxygens (including phenoxy) is 1. The van der Waals surface area contributed by atoms with E-state index in [4.69, 9.17) is 4.74 Å². The summed E-state index contributed by atoms with van der Waals surface area (Å²) in [6.07, 6.45) is 1.57. The fraction of sp³-hybridized carbons (Fsp3) is 0.100. The van der Waals surface area contributed by atoms with Crippen molar-refractivity contribution < 1.29 is 4.74 Å². The number of aromatic nitrogens is 2. The van der Waals surface area contributed by atoms with Gasteiger partial charge in [-0.1, -0.05) is 18.2 Å². The van der Waals surface area contributed by atoms with Gasteiger partial charge in [-0.15, -0.1) is 0 Å². The lowest BCUT2D eigenvalue weighted by molar-refractivity contribution is 0.392. The van der Waals surface area contributed by atoms with Crippen molar-refractivity contribution in [3.8, 4) is 5.88 Å². The molecule has 0 aliphatic heterocycles. The first kappa shape index (κ1) is 8.62. The van der Waals surface area contributed by atoms with Crippen LogP contribution in [0.15, 0.2) is 35.3 Å². The summed E-state index contributed by atoms with van der Waals surface area (Å²) < 4.78 is 4.79. The van der Waals surface area contributed by atoms with Gasteiger partial charge in [-0.25, -0.2) is 9.97 Å². The van der Waals surface area contributed by atoms with Gasteiger partial charge in [-0.2, -0.15) is 0 Å². The van der Waals surface area contributed by atoms with E-state index in [0.29, 0.717) is 5.52 Å². The molecule has 2 aromatic rings. The molecule has 4 heteroatoms. The van der Waals surface area contributed by atoms with Crippen LogP contribution in [-0.2, 0) is 0 Å². The molecule has 2 rings (SSSR count). The highest BCUT2D eigenvalue weighted by atomic mass is 16.5. The average Bonchev–Trinajstić information content (AvgIpc) is 2.36. The Morgan fingerprint density at radius 3 is 2.86 bits per heavy atom. The second-order valence-electron chi connectivity index (χ2n) is 2.74. The summed E-state index contributed by atoms with van der Waals surface area (Å²) in [6, 6.07) is 7.29. The van der Waals surface area contributed by atoms with Crippen molar-refractivity contribution in [1.82, 2.24) is 9.97 Å². The van der Waals surface area contributed by atoms with Gasteiger partial charge in [0.2, 0.25) is 0 Å². The number of rotatable bonds is 1. The van der Waals surface area contributed by atoms with Crippen LogP contribution in [0.1, 0.15) is 0 Å². The van der Waals surface area contributed by atoms with Gasteiger partial charge in [-0.3, -0.25) is 4.79 Å². The van der Waals surface area contributed by atoms with Gasteiger partial charge in [0.05, 0.1) is 12.6 Å². The average molecular weight is 188 g/mol. The van der Waals surface area contributed by atoms with Crippen LogP contribution in [0, 0.1) is 0 Å². The van der Waals surface area contributed by atoms with Crippen LogP contribution in [0.5, 0.6) is 5.88 Å². The molecule has 0 N–H and O–H groups in total. The lowest BCUT2D eigenvalue weighted by atomic mass is 10.2. The Bertz CT molecular complexity index is 525. The third-order valence-electron chi connectivity index (χ3n) is 1.86. The largest absolute Gasteiger partial charge is 0.477 e. The Balaban J connectivity index is 2.86. The van der Waals surface area contributed by atoms with Crippen LogP contribution in [-0.4, -0.2) is 17.1 Å². The summed E-state index contributed by atoms with van der Waals surface area (Å²) in [5.74, 6) is 0.0150. The molecule has 0 saturated carbocycles. The van der Waals surface area contributed by atoms with Crippen molar-refractivity contribution in [1.29, 1.82) is 0 Å². The number of nitrogens with zero attached hydrogens (tertiary/aromatic N) is 2. The molecule has 0 fully saturated rings. The van der Waals surface area contributed by atoms with E-state index in [1.54, 1.807) is 12.3 Å². The van der Waals surface area contributed by atoms with Crippen LogP contribution < -0.4 is 10.3 Å². The van der Waals surface area contributed by atoms with E-state index < -0.39 is 5.56 Å². The molecule has 1 heterocycles. The second kappa shape index (κ2) is 3.41. The van der Waals surface area contributed by atoms with Gasteiger partial charge in [0, 0.05) is 11.6 Å². The summed E-state index contributed by atoms with van der Waals surface area (Å²) >= 11 is 0. The van der Waals surface area contributed by atoms with E-state index in [-0.39, 0.29) is 5.88 Å². The van der Waals surface area contributed by atoms with Crippen LogP contribution >= 0.6 is 0 Å². The molecular formula is C10H8N2O2. The Morgan fingerprint density at radius 2 is 2.07 bits per heavy atom. The van der Waals surface area contributed by atoms with Gasteiger partial charge in [0.15, 0.2) is 0 Å². The highest BCUT2D eigenvalue weighted by molar-refractivity contribution is 5.76. The molecule has 0 atom stereocenters. The molecule has 1 aromatic heterocycles. The predicted molar refractivity (Wildman–Crippen MR) is 52.4 cm³/mol. The SMILES string of the molecule is COc1ncc2ccccc2nc1=O. The Labute approximate surface area is 80.2 Å². The minimum absolute atomic E-state index is 0.0150. The minimum Gasteiger partial charge on any atom is -0.477 e. The Morgan fingerprint density at radius 1 is 1.29 bits per heavy atom. The molecule has 0 radical (unpaired) electrons. The highest BCUT2D eigenvalue weighted by Gasteiger charge is 2.00. The van der Waals surface area contributed by atoms with Gasteiger partial charge >= 0.3 is 5.56 Å². The lowest BCUT2D eigenvalue weighted by Crippen LogP contribution is -2.06. The summed E-state index contributed by atoms with van der Waals surface area (Å²) in [5.41, 5.74) is 0.169. The fourth-order valence-electron chi connectivity index (χ4n) is 1.18. The maximum Gasteiger partial charge on any atom is 0.332 e. The topological polar surface area (TPSA) is 52.1 Å². The first-order valence-electron chi connectivity index (χ1n) is 4.11. The Kier molecular flexibility index (Phi) is 2.10. The number of hydrogen-bond donors (Lipinski definition) is 0. The monoisotopic (exact) mass is 188 g/mol. The molecule has 0 bridgehead atoms. The number of benzene rings is 1. The van der Waals surface area contributed by atoms with Crippen molar-refractivity contribution in [2.45, 2.75) is 0 Å². The normalized spacial score (nSPS) is 10.1. The summed E-state index contributed by atoms with van der Waals surface area (Å²) in [6.45, 7) is 0. The van der Waals surface area contributed by atoms with Gasteiger partial charge in [0.25, 0.3) is 5.88 Å². The number of para-hydroxylation sites is 1. The van der Waals surface area contributed by atoms with E-state index in [9.17, 15) is 4.79 Å². The van der Waals surface area contributed by atoms with E-state index >= 15 is 0 Å². The van der Waals surface area contributed by atoms with Crippen molar-refractivity contribution >= 4 is 10.9 Å². The van der Waals surface area contributed by atoms with E-state index in [0.717, 1.165) is 5.39 Å². The first-order chi connectivity index (χ1) is 6.81. The number of methoxy groups -OCH3 is 1. The number of fused-ring (bicyclic) bond motifs is 1. The molecule has 0 aliphatic carbocycles. The van der Waals surface area contributed by atoms with Gasteiger partial charge < -0.3 is 4.74 Å². The van der Waals surface area contributed by atoms with Crippen molar-refractivity contribution in [3.63, 3.8) is 0 Å². The molecule has 0 spiro atoms. The van der Waals surface area contributed by atoms with Gasteiger partial charge in [-0.05, 0) is 6.07 Å². The standard InChI is InChI=1S/C10H8N2O2/c1-14-10-9(13)12-8-5-3-2-4-7(8)6-11-10/h2-6H,1H3. The fourth-order valence-corrected chi connectivity index (χ4v) is 1.18. The molecular weight excluding hydrogens is 180 g/mol. The van der Waals surface area contributed by atoms with Crippen LogP contribution in [0.25, 0.3) is 10.9 Å². The predicted octanol–water partition coefficient (Wildman–Crippen LogP) is 0.999. The zero-order chi connectivity index (χ0) is 9.97. The van der Waals surface area contributed by atoms with Crippen LogP contribution in [0.2, 0.25) is 0 Å². The highest BCUT2D eigenvalue weighted by Crippen LogP contribution is 2.07. The summed E-state index contributed by atoms with van der Waals surface area (Å²) in [5, 5.41) is 0.813. The second-order valence-corrected chi connectivity index (χ2v) is 2.74. The number of hydrogen-bond acceptors (Lipinski definition) is 4. The van der Waals surface area contributed by atoms with Crippen LogP contribution in [0.4, 0.5) is 0 Å². The molecule has 0 amide bonds. The summed E-state index contributed by atoms with van der Waals surface area (Å²) in [4.78, 5) is 19.1. The van der Waals surface area contributed by atoms with E-state index in [1.807, 2.05) is 18.2 Å². The minimum atomic E-state index is -0.450. The van der Waals surface area contributed by atoms with Crippen molar-refractivity contribution in [3.05, 3.63) is 40.8 Å². The molecule has 0 saturated heterocycles. The maximum atomic E-state index is 11.4. The van der Waals surface area contributed by atoms with E-state index in [2.05, 4.69) is 9.97 Å². The molecule has 0 aliphatic rings. The third-order valence-corrected chi connectivity index (χ3v) is 1.86. The molecule has 14 heavy (non-hydrogen) atoms. The molecule has 70 valence electrons.